The molecular weight excluding hydrogens is 420 g/mol. The zero-order chi connectivity index (χ0) is 22.0. The fourth-order valence-electron chi connectivity index (χ4n) is 3.25. The molecule has 3 heterocycles. The van der Waals surface area contributed by atoms with Gasteiger partial charge in [0.05, 0.1) is 12.3 Å². The maximum absolute atomic E-state index is 12.8. The minimum Gasteiger partial charge on any atom is -0.482 e. The van der Waals surface area contributed by atoms with Gasteiger partial charge in [0.2, 0.25) is 5.91 Å². The number of hydrogen-bond acceptors (Lipinski definition) is 7. The fraction of sp³-hybridized carbons (Fsp3) is 0.227. The van der Waals surface area contributed by atoms with E-state index in [1.807, 2.05) is 0 Å². The number of rotatable bonds is 6. The molecule has 160 valence electrons. The highest BCUT2D eigenvalue weighted by Crippen LogP contribution is 2.37. The SMILES string of the molecule is CCOC(=O)c1c(-c2ccc(C)o2)csc1NC(=O)CN1C(=O)COc2ccccc21. The Labute approximate surface area is 182 Å². The number of carbonyl (C=O) groups is 3. The van der Waals surface area contributed by atoms with Crippen molar-refractivity contribution in [1.82, 2.24) is 0 Å². The number of esters is 1. The van der Waals surface area contributed by atoms with Gasteiger partial charge in [-0.05, 0) is 38.1 Å². The molecule has 0 saturated carbocycles. The van der Waals surface area contributed by atoms with Crippen molar-refractivity contribution in [3.63, 3.8) is 0 Å². The first-order valence-electron chi connectivity index (χ1n) is 9.65. The van der Waals surface area contributed by atoms with Crippen molar-refractivity contribution in [2.75, 3.05) is 30.0 Å². The average molecular weight is 440 g/mol. The van der Waals surface area contributed by atoms with Crippen molar-refractivity contribution < 1.29 is 28.3 Å². The molecule has 0 unspecified atom stereocenters. The lowest BCUT2D eigenvalue weighted by Gasteiger charge is -2.28. The number of nitrogens with zero attached hydrogens (tertiary/aromatic N) is 1. The number of carbonyl (C=O) groups excluding carboxylic acids is 3. The van der Waals surface area contributed by atoms with E-state index < -0.39 is 11.9 Å². The third kappa shape index (κ3) is 4.17. The van der Waals surface area contributed by atoms with Crippen molar-refractivity contribution in [3.8, 4) is 17.1 Å². The van der Waals surface area contributed by atoms with E-state index in [1.165, 1.54) is 16.2 Å². The Kier molecular flexibility index (Phi) is 5.77. The van der Waals surface area contributed by atoms with Crippen molar-refractivity contribution >= 4 is 39.8 Å². The summed E-state index contributed by atoms with van der Waals surface area (Å²) in [6.45, 7) is 3.35. The van der Waals surface area contributed by atoms with E-state index in [0.29, 0.717) is 33.5 Å². The first-order valence-corrected chi connectivity index (χ1v) is 10.5. The van der Waals surface area contributed by atoms with Gasteiger partial charge in [-0.3, -0.25) is 14.5 Å². The molecule has 8 nitrogen and oxygen atoms in total. The Morgan fingerprint density at radius 2 is 2.03 bits per heavy atom. The Bertz CT molecular complexity index is 1150. The van der Waals surface area contributed by atoms with Gasteiger partial charge in [0.25, 0.3) is 5.91 Å². The fourth-order valence-corrected chi connectivity index (χ4v) is 4.21. The number of hydrogen-bond donors (Lipinski definition) is 1. The predicted molar refractivity (Wildman–Crippen MR) is 116 cm³/mol. The van der Waals surface area contributed by atoms with Crippen LogP contribution in [-0.2, 0) is 14.3 Å². The lowest BCUT2D eigenvalue weighted by molar-refractivity contribution is -0.123. The Morgan fingerprint density at radius 1 is 1.23 bits per heavy atom. The summed E-state index contributed by atoms with van der Waals surface area (Å²) < 4.78 is 16.2. The number of aryl methyl sites for hydroxylation is 1. The number of ether oxygens (including phenoxy) is 2. The number of para-hydroxylation sites is 2. The standard InChI is InChI=1S/C22H20N2O6S/c1-3-28-22(27)20-14(16-9-8-13(2)30-16)12-31-21(20)23-18(25)10-24-15-6-4-5-7-17(15)29-11-19(24)26/h4-9,12H,3,10-11H2,1-2H3,(H,23,25). The van der Waals surface area contributed by atoms with Gasteiger partial charge in [-0.2, -0.15) is 0 Å². The maximum atomic E-state index is 12.8. The van der Waals surface area contributed by atoms with Gasteiger partial charge in [-0.1, -0.05) is 12.1 Å². The molecule has 1 aromatic carbocycles. The molecule has 1 aliphatic heterocycles. The van der Waals surface area contributed by atoms with Crippen LogP contribution < -0.4 is 15.0 Å². The van der Waals surface area contributed by atoms with Crippen molar-refractivity contribution in [1.29, 1.82) is 0 Å². The van der Waals surface area contributed by atoms with Crippen LogP contribution in [0, 0.1) is 6.92 Å². The summed E-state index contributed by atoms with van der Waals surface area (Å²) in [5.74, 6) is 0.419. The van der Waals surface area contributed by atoms with Gasteiger partial charge < -0.3 is 19.2 Å². The quantitative estimate of drug-likeness (QED) is 0.585. The molecule has 31 heavy (non-hydrogen) atoms. The summed E-state index contributed by atoms with van der Waals surface area (Å²) in [5, 5.41) is 4.81. The van der Waals surface area contributed by atoms with Gasteiger partial charge in [0.15, 0.2) is 6.61 Å². The van der Waals surface area contributed by atoms with Crippen LogP contribution in [-0.4, -0.2) is 37.5 Å². The van der Waals surface area contributed by atoms with Crippen LogP contribution in [0.1, 0.15) is 23.0 Å². The van der Waals surface area contributed by atoms with E-state index in [1.54, 1.807) is 55.6 Å². The van der Waals surface area contributed by atoms with Gasteiger partial charge in [-0.15, -0.1) is 11.3 Å². The number of benzene rings is 1. The van der Waals surface area contributed by atoms with Crippen molar-refractivity contribution in [2.45, 2.75) is 13.8 Å². The summed E-state index contributed by atoms with van der Waals surface area (Å²) >= 11 is 1.19. The maximum Gasteiger partial charge on any atom is 0.341 e. The average Bonchev–Trinajstić information content (AvgIpc) is 3.36. The summed E-state index contributed by atoms with van der Waals surface area (Å²) in [5.41, 5.74) is 1.29. The van der Waals surface area contributed by atoms with Gasteiger partial charge in [-0.25, -0.2) is 4.79 Å². The molecule has 0 bridgehead atoms. The molecule has 0 fully saturated rings. The largest absolute Gasteiger partial charge is 0.482 e. The number of nitrogens with one attached hydrogen (secondary N) is 1. The monoisotopic (exact) mass is 440 g/mol. The molecule has 1 N–H and O–H groups in total. The van der Waals surface area contributed by atoms with E-state index in [4.69, 9.17) is 13.9 Å². The lowest BCUT2D eigenvalue weighted by atomic mass is 10.1. The Balaban J connectivity index is 1.59. The Morgan fingerprint density at radius 3 is 2.77 bits per heavy atom. The second-order valence-electron chi connectivity index (χ2n) is 6.77. The van der Waals surface area contributed by atoms with Gasteiger partial charge >= 0.3 is 5.97 Å². The summed E-state index contributed by atoms with van der Waals surface area (Å²) in [6.07, 6.45) is 0. The number of amides is 2. The predicted octanol–water partition coefficient (Wildman–Crippen LogP) is 3.86. The van der Waals surface area contributed by atoms with Gasteiger partial charge in [0, 0.05) is 10.9 Å². The molecule has 3 aromatic rings. The molecular formula is C22H20N2O6S. The number of furan rings is 1. The smallest absolute Gasteiger partial charge is 0.341 e. The van der Waals surface area contributed by atoms with Crippen LogP contribution in [0.3, 0.4) is 0 Å². The molecule has 0 saturated heterocycles. The molecule has 0 radical (unpaired) electrons. The second kappa shape index (κ2) is 8.65. The number of anilines is 2. The highest BCUT2D eigenvalue weighted by atomic mass is 32.1. The molecule has 0 spiro atoms. The molecule has 2 aromatic heterocycles. The molecule has 0 aliphatic carbocycles. The lowest BCUT2D eigenvalue weighted by Crippen LogP contribution is -2.43. The van der Waals surface area contributed by atoms with Crippen LogP contribution in [0.25, 0.3) is 11.3 Å². The van der Waals surface area contributed by atoms with Crippen LogP contribution >= 0.6 is 11.3 Å². The second-order valence-corrected chi connectivity index (χ2v) is 7.65. The minimum absolute atomic E-state index is 0.140. The van der Waals surface area contributed by atoms with E-state index >= 15 is 0 Å². The summed E-state index contributed by atoms with van der Waals surface area (Å²) in [6, 6.07) is 10.6. The zero-order valence-corrected chi connectivity index (χ0v) is 17.8. The molecule has 0 atom stereocenters. The third-order valence-electron chi connectivity index (χ3n) is 4.64. The van der Waals surface area contributed by atoms with Crippen LogP contribution in [0.15, 0.2) is 46.2 Å². The molecule has 9 heteroatoms. The molecule has 2 amide bonds. The zero-order valence-electron chi connectivity index (χ0n) is 17.0. The summed E-state index contributed by atoms with van der Waals surface area (Å²) in [4.78, 5) is 39.1. The number of fused-ring (bicyclic) bond motifs is 1. The molecule has 1 aliphatic rings. The van der Waals surface area contributed by atoms with Crippen molar-refractivity contribution in [2.24, 2.45) is 0 Å². The van der Waals surface area contributed by atoms with Crippen LogP contribution in [0.2, 0.25) is 0 Å². The minimum atomic E-state index is -0.559. The highest BCUT2D eigenvalue weighted by Gasteiger charge is 2.29. The van der Waals surface area contributed by atoms with E-state index in [-0.39, 0.29) is 31.2 Å². The first kappa shape index (κ1) is 20.7. The number of thiophene rings is 1. The first-order chi connectivity index (χ1) is 15.0. The summed E-state index contributed by atoms with van der Waals surface area (Å²) in [7, 11) is 0. The third-order valence-corrected chi connectivity index (χ3v) is 5.53. The van der Waals surface area contributed by atoms with E-state index in [0.717, 1.165) is 0 Å². The normalized spacial score (nSPS) is 12.8. The highest BCUT2D eigenvalue weighted by molar-refractivity contribution is 7.15. The van der Waals surface area contributed by atoms with E-state index in [9.17, 15) is 14.4 Å². The van der Waals surface area contributed by atoms with Gasteiger partial charge in [0.1, 0.15) is 34.4 Å². The van der Waals surface area contributed by atoms with E-state index in [2.05, 4.69) is 5.32 Å². The van der Waals surface area contributed by atoms with Crippen molar-refractivity contribution in [3.05, 3.63) is 53.1 Å². The van der Waals surface area contributed by atoms with Crippen LogP contribution in [0.4, 0.5) is 10.7 Å². The topological polar surface area (TPSA) is 98.1 Å². The Hall–Kier alpha value is -3.59. The molecule has 4 rings (SSSR count). The van der Waals surface area contributed by atoms with Crippen LogP contribution in [0.5, 0.6) is 5.75 Å².